The van der Waals surface area contributed by atoms with Gasteiger partial charge in [-0.3, -0.25) is 9.36 Å². The first-order valence-corrected chi connectivity index (χ1v) is 10.3. The Labute approximate surface area is 178 Å². The van der Waals surface area contributed by atoms with Crippen LogP contribution in [0.4, 0.5) is 4.39 Å². The first kappa shape index (κ1) is 21.1. The van der Waals surface area contributed by atoms with E-state index in [1.165, 1.54) is 23.9 Å². The fourth-order valence-electron chi connectivity index (χ4n) is 2.64. The third kappa shape index (κ3) is 5.68. The number of benzene rings is 2. The van der Waals surface area contributed by atoms with Crippen molar-refractivity contribution in [3.05, 3.63) is 82.9 Å². The standard InChI is InChI=1S/C21H20ClFN4OS/c1-14-3-5-16(6-4-14)20(28)24-12-11-19-25-26-21(29-13-15(2)22)27(19)18-9-7-17(23)8-10-18/h3-10H,2,11-13H2,1H3,(H,24,28). The molecular weight excluding hydrogens is 411 g/mol. The fraction of sp³-hybridized carbons (Fsp3) is 0.190. The van der Waals surface area contributed by atoms with Gasteiger partial charge in [0.2, 0.25) is 0 Å². The first-order chi connectivity index (χ1) is 13.9. The van der Waals surface area contributed by atoms with Crippen molar-refractivity contribution in [1.29, 1.82) is 0 Å². The average Bonchev–Trinajstić information content (AvgIpc) is 3.10. The van der Waals surface area contributed by atoms with Crippen molar-refractivity contribution >= 4 is 29.3 Å². The molecule has 0 bridgehead atoms. The monoisotopic (exact) mass is 430 g/mol. The van der Waals surface area contributed by atoms with E-state index >= 15 is 0 Å². The highest BCUT2D eigenvalue weighted by Gasteiger charge is 2.15. The largest absolute Gasteiger partial charge is 0.352 e. The van der Waals surface area contributed by atoms with Crippen molar-refractivity contribution in [2.24, 2.45) is 0 Å². The second-order valence-corrected chi connectivity index (χ2v) is 7.87. The van der Waals surface area contributed by atoms with Crippen molar-refractivity contribution < 1.29 is 9.18 Å². The Balaban J connectivity index is 1.74. The number of carbonyl (C=O) groups is 1. The van der Waals surface area contributed by atoms with E-state index in [1.807, 2.05) is 23.6 Å². The Hall–Kier alpha value is -2.64. The molecule has 8 heteroatoms. The van der Waals surface area contributed by atoms with Gasteiger partial charge in [0.15, 0.2) is 5.16 Å². The molecule has 0 atom stereocenters. The van der Waals surface area contributed by atoms with Crippen molar-refractivity contribution in [3.8, 4) is 5.69 Å². The van der Waals surface area contributed by atoms with E-state index in [9.17, 15) is 9.18 Å². The molecule has 3 rings (SSSR count). The molecule has 150 valence electrons. The van der Waals surface area contributed by atoms with Gasteiger partial charge in [0.05, 0.1) is 0 Å². The van der Waals surface area contributed by atoms with E-state index in [1.54, 1.807) is 24.3 Å². The normalized spacial score (nSPS) is 10.7. The minimum atomic E-state index is -0.322. The highest BCUT2D eigenvalue weighted by atomic mass is 35.5. The summed E-state index contributed by atoms with van der Waals surface area (Å²) in [6, 6.07) is 13.5. The van der Waals surface area contributed by atoms with E-state index < -0.39 is 0 Å². The number of hydrogen-bond donors (Lipinski definition) is 1. The van der Waals surface area contributed by atoms with Crippen LogP contribution in [0.3, 0.4) is 0 Å². The van der Waals surface area contributed by atoms with E-state index in [0.29, 0.717) is 40.3 Å². The van der Waals surface area contributed by atoms with Crippen LogP contribution in [0.15, 0.2) is 65.3 Å². The summed E-state index contributed by atoms with van der Waals surface area (Å²) in [6.07, 6.45) is 0.463. The van der Waals surface area contributed by atoms with Crippen LogP contribution in [0.2, 0.25) is 0 Å². The number of carbonyl (C=O) groups excluding carboxylic acids is 1. The maximum absolute atomic E-state index is 13.3. The van der Waals surface area contributed by atoms with Crippen molar-refractivity contribution in [2.45, 2.75) is 18.5 Å². The van der Waals surface area contributed by atoms with Gasteiger partial charge in [-0.1, -0.05) is 47.6 Å². The SMILES string of the molecule is C=C(Cl)CSc1nnc(CCNC(=O)c2ccc(C)cc2)n1-c1ccc(F)cc1. The summed E-state index contributed by atoms with van der Waals surface area (Å²) >= 11 is 7.26. The highest BCUT2D eigenvalue weighted by Crippen LogP contribution is 2.24. The van der Waals surface area contributed by atoms with Crippen molar-refractivity contribution in [1.82, 2.24) is 20.1 Å². The molecule has 0 unspecified atom stereocenters. The lowest BCUT2D eigenvalue weighted by atomic mass is 10.1. The third-order valence-corrected chi connectivity index (χ3v) is 5.40. The molecule has 0 spiro atoms. The Kier molecular flexibility index (Phi) is 7.06. The number of thioether (sulfide) groups is 1. The number of hydrogen-bond acceptors (Lipinski definition) is 4. The maximum atomic E-state index is 13.3. The molecule has 0 radical (unpaired) electrons. The second kappa shape index (κ2) is 9.71. The topological polar surface area (TPSA) is 59.8 Å². The highest BCUT2D eigenvalue weighted by molar-refractivity contribution is 7.99. The zero-order valence-electron chi connectivity index (χ0n) is 15.9. The average molecular weight is 431 g/mol. The van der Waals surface area contributed by atoms with Crippen LogP contribution in [0, 0.1) is 12.7 Å². The predicted octanol–water partition coefficient (Wildman–Crippen LogP) is 4.53. The Morgan fingerprint density at radius 1 is 1.17 bits per heavy atom. The summed E-state index contributed by atoms with van der Waals surface area (Å²) in [5.74, 6) is 0.664. The molecule has 5 nitrogen and oxygen atoms in total. The summed E-state index contributed by atoms with van der Waals surface area (Å²) in [5, 5.41) is 12.5. The number of nitrogens with one attached hydrogen (secondary N) is 1. The first-order valence-electron chi connectivity index (χ1n) is 8.95. The van der Waals surface area contributed by atoms with Gasteiger partial charge < -0.3 is 5.32 Å². The fourth-order valence-corrected chi connectivity index (χ4v) is 3.53. The van der Waals surface area contributed by atoms with Crippen LogP contribution in [0.1, 0.15) is 21.7 Å². The molecule has 29 heavy (non-hydrogen) atoms. The summed E-state index contributed by atoms with van der Waals surface area (Å²) in [7, 11) is 0. The van der Waals surface area contributed by atoms with Gasteiger partial charge in [-0.2, -0.15) is 0 Å². The molecule has 1 amide bonds. The summed E-state index contributed by atoms with van der Waals surface area (Å²) in [6.45, 7) is 6.04. The van der Waals surface area contributed by atoms with Crippen LogP contribution in [-0.2, 0) is 6.42 Å². The van der Waals surface area contributed by atoms with Crippen LogP contribution in [-0.4, -0.2) is 33.0 Å². The summed E-state index contributed by atoms with van der Waals surface area (Å²) in [5.41, 5.74) is 2.44. The molecule has 0 saturated heterocycles. The Bertz CT molecular complexity index is 1000. The smallest absolute Gasteiger partial charge is 0.251 e. The molecule has 0 aliphatic rings. The maximum Gasteiger partial charge on any atom is 0.251 e. The predicted molar refractivity (Wildman–Crippen MR) is 114 cm³/mol. The lowest BCUT2D eigenvalue weighted by Crippen LogP contribution is -2.26. The van der Waals surface area contributed by atoms with Crippen LogP contribution < -0.4 is 5.32 Å². The number of rotatable bonds is 8. The van der Waals surface area contributed by atoms with Crippen LogP contribution in [0.25, 0.3) is 5.69 Å². The van der Waals surface area contributed by atoms with Crippen LogP contribution in [0.5, 0.6) is 0 Å². The van der Waals surface area contributed by atoms with Crippen molar-refractivity contribution in [3.63, 3.8) is 0 Å². The van der Waals surface area contributed by atoms with Gasteiger partial charge in [-0.05, 0) is 43.3 Å². The molecule has 1 heterocycles. The minimum absolute atomic E-state index is 0.147. The molecule has 0 aliphatic heterocycles. The Morgan fingerprint density at radius 3 is 2.52 bits per heavy atom. The number of aryl methyl sites for hydroxylation is 1. The van der Waals surface area contributed by atoms with Crippen LogP contribution >= 0.6 is 23.4 Å². The number of amides is 1. The second-order valence-electron chi connectivity index (χ2n) is 6.39. The Morgan fingerprint density at radius 2 is 1.86 bits per heavy atom. The minimum Gasteiger partial charge on any atom is -0.352 e. The quantitative estimate of drug-likeness (QED) is 0.533. The molecule has 0 fully saturated rings. The zero-order chi connectivity index (χ0) is 20.8. The molecule has 0 aliphatic carbocycles. The zero-order valence-corrected chi connectivity index (χ0v) is 17.4. The number of nitrogens with zero attached hydrogens (tertiary/aromatic N) is 3. The molecule has 1 aromatic heterocycles. The van der Waals surface area contributed by atoms with Gasteiger partial charge in [-0.25, -0.2) is 4.39 Å². The molecule has 0 saturated carbocycles. The van der Waals surface area contributed by atoms with E-state index in [4.69, 9.17) is 11.6 Å². The van der Waals surface area contributed by atoms with Gasteiger partial charge in [0.1, 0.15) is 11.6 Å². The summed E-state index contributed by atoms with van der Waals surface area (Å²) in [4.78, 5) is 12.3. The number of aromatic nitrogens is 3. The van der Waals surface area contributed by atoms with E-state index in [-0.39, 0.29) is 11.7 Å². The third-order valence-electron chi connectivity index (χ3n) is 4.09. The molecule has 2 aromatic carbocycles. The van der Waals surface area contributed by atoms with Gasteiger partial charge in [0.25, 0.3) is 5.91 Å². The molecular formula is C21H20ClFN4OS. The lowest BCUT2D eigenvalue weighted by molar-refractivity contribution is 0.0954. The molecule has 3 aromatic rings. The van der Waals surface area contributed by atoms with Gasteiger partial charge in [-0.15, -0.1) is 10.2 Å². The summed E-state index contributed by atoms with van der Waals surface area (Å²) < 4.78 is 15.2. The number of halogens is 2. The van der Waals surface area contributed by atoms with Gasteiger partial charge in [0, 0.05) is 35.0 Å². The lowest BCUT2D eigenvalue weighted by Gasteiger charge is -2.11. The van der Waals surface area contributed by atoms with Crippen molar-refractivity contribution in [2.75, 3.05) is 12.3 Å². The molecule has 1 N–H and O–H groups in total. The van der Waals surface area contributed by atoms with E-state index in [0.717, 1.165) is 11.3 Å². The van der Waals surface area contributed by atoms with Gasteiger partial charge >= 0.3 is 0 Å². The van der Waals surface area contributed by atoms with E-state index in [2.05, 4.69) is 22.1 Å².